The lowest BCUT2D eigenvalue weighted by molar-refractivity contribution is 0.237. The van der Waals surface area contributed by atoms with Gasteiger partial charge in [-0.1, -0.05) is 11.8 Å². The van der Waals surface area contributed by atoms with Crippen molar-refractivity contribution in [3.63, 3.8) is 0 Å². The molecule has 0 spiro atoms. The van der Waals surface area contributed by atoms with Gasteiger partial charge in [0.05, 0.1) is 11.3 Å². The molecule has 2 aromatic rings. The number of aromatic hydroxyl groups is 2. The highest BCUT2D eigenvalue weighted by molar-refractivity contribution is 7.98. The normalized spacial score (nSPS) is 14.8. The van der Waals surface area contributed by atoms with E-state index < -0.39 is 0 Å². The van der Waals surface area contributed by atoms with E-state index in [9.17, 15) is 15.0 Å². The van der Waals surface area contributed by atoms with Gasteiger partial charge >= 0.3 is 0 Å². The molecule has 1 aliphatic heterocycles. The van der Waals surface area contributed by atoms with Gasteiger partial charge in [-0.2, -0.15) is 0 Å². The van der Waals surface area contributed by atoms with Crippen LogP contribution in [0.5, 0.6) is 11.5 Å². The van der Waals surface area contributed by atoms with Crippen LogP contribution in [-0.2, 0) is 19.5 Å². The van der Waals surface area contributed by atoms with E-state index in [1.807, 2.05) is 6.26 Å². The Morgan fingerprint density at radius 2 is 2.23 bits per heavy atom. The second-order valence-corrected chi connectivity index (χ2v) is 6.07. The first-order chi connectivity index (χ1) is 10.6. The molecule has 0 amide bonds. The summed E-state index contributed by atoms with van der Waals surface area (Å²) < 4.78 is 0. The van der Waals surface area contributed by atoms with E-state index in [1.165, 1.54) is 23.9 Å². The molecule has 116 valence electrons. The molecule has 2 heterocycles. The van der Waals surface area contributed by atoms with Crippen LogP contribution >= 0.6 is 11.8 Å². The molecule has 0 bridgehead atoms. The van der Waals surface area contributed by atoms with Crippen molar-refractivity contribution < 1.29 is 10.2 Å². The van der Waals surface area contributed by atoms with Gasteiger partial charge in [0.25, 0.3) is 5.56 Å². The molecule has 3 N–H and O–H groups in total. The van der Waals surface area contributed by atoms with Gasteiger partial charge in [-0.3, -0.25) is 9.69 Å². The van der Waals surface area contributed by atoms with Crippen LogP contribution in [0, 0.1) is 0 Å². The molecule has 0 unspecified atom stereocenters. The van der Waals surface area contributed by atoms with E-state index in [1.54, 1.807) is 6.07 Å². The molecule has 0 radical (unpaired) electrons. The van der Waals surface area contributed by atoms with Crippen molar-refractivity contribution in [3.05, 3.63) is 45.4 Å². The van der Waals surface area contributed by atoms with Gasteiger partial charge in [0, 0.05) is 31.6 Å². The van der Waals surface area contributed by atoms with Crippen LogP contribution in [0.2, 0.25) is 0 Å². The van der Waals surface area contributed by atoms with Gasteiger partial charge in [0.1, 0.15) is 11.5 Å². The zero-order chi connectivity index (χ0) is 15.7. The van der Waals surface area contributed by atoms with Gasteiger partial charge < -0.3 is 15.2 Å². The molecule has 1 aliphatic rings. The Balaban J connectivity index is 1.83. The Morgan fingerprint density at radius 1 is 1.41 bits per heavy atom. The van der Waals surface area contributed by atoms with Crippen molar-refractivity contribution in [1.29, 1.82) is 0 Å². The molecule has 0 atom stereocenters. The Labute approximate surface area is 131 Å². The quantitative estimate of drug-likeness (QED) is 0.451. The molecule has 7 heteroatoms. The van der Waals surface area contributed by atoms with Crippen molar-refractivity contribution in [1.82, 2.24) is 14.9 Å². The summed E-state index contributed by atoms with van der Waals surface area (Å²) in [6, 6.07) is 4.47. The van der Waals surface area contributed by atoms with Crippen molar-refractivity contribution in [2.45, 2.75) is 24.7 Å². The van der Waals surface area contributed by atoms with Crippen LogP contribution in [0.25, 0.3) is 0 Å². The lowest BCUT2D eigenvalue weighted by Gasteiger charge is -2.27. The van der Waals surface area contributed by atoms with Gasteiger partial charge in [-0.25, -0.2) is 4.98 Å². The van der Waals surface area contributed by atoms with Crippen LogP contribution in [0.1, 0.15) is 16.8 Å². The van der Waals surface area contributed by atoms with Gasteiger partial charge in [-0.15, -0.1) is 0 Å². The number of rotatable bonds is 3. The van der Waals surface area contributed by atoms with Gasteiger partial charge in [0.15, 0.2) is 5.16 Å². The molecule has 0 fully saturated rings. The average molecular weight is 319 g/mol. The number of phenolic OH excluding ortho intramolecular Hbond substituents is 2. The van der Waals surface area contributed by atoms with Crippen LogP contribution < -0.4 is 5.56 Å². The summed E-state index contributed by atoms with van der Waals surface area (Å²) in [5.74, 6) is 0.266. The third-order valence-corrected chi connectivity index (χ3v) is 4.36. The first-order valence-electron chi connectivity index (χ1n) is 6.96. The van der Waals surface area contributed by atoms with E-state index in [-0.39, 0.29) is 17.1 Å². The molecule has 6 nitrogen and oxygen atoms in total. The van der Waals surface area contributed by atoms with E-state index >= 15 is 0 Å². The lowest BCUT2D eigenvalue weighted by Crippen LogP contribution is -2.35. The summed E-state index contributed by atoms with van der Waals surface area (Å²) in [7, 11) is 0. The average Bonchev–Trinajstić information content (AvgIpc) is 2.51. The Morgan fingerprint density at radius 3 is 3.00 bits per heavy atom. The first kappa shape index (κ1) is 14.9. The number of fused-ring (bicyclic) bond motifs is 1. The molecule has 0 saturated carbocycles. The number of aromatic amines is 1. The second kappa shape index (κ2) is 6.02. The Bertz CT molecular complexity index is 760. The van der Waals surface area contributed by atoms with E-state index in [4.69, 9.17) is 0 Å². The number of thioether (sulfide) groups is 1. The van der Waals surface area contributed by atoms with Crippen LogP contribution in [0.4, 0.5) is 0 Å². The monoisotopic (exact) mass is 319 g/mol. The number of aromatic nitrogens is 2. The topological polar surface area (TPSA) is 89.5 Å². The molecule has 0 aliphatic carbocycles. The Hall–Kier alpha value is -1.99. The summed E-state index contributed by atoms with van der Waals surface area (Å²) in [4.78, 5) is 21.4. The van der Waals surface area contributed by atoms with Crippen molar-refractivity contribution in [2.24, 2.45) is 0 Å². The number of hydrogen-bond donors (Lipinski definition) is 3. The summed E-state index contributed by atoms with van der Waals surface area (Å²) in [6.07, 6.45) is 2.58. The summed E-state index contributed by atoms with van der Waals surface area (Å²) in [6.45, 7) is 1.72. The number of hydrogen-bond acceptors (Lipinski definition) is 6. The summed E-state index contributed by atoms with van der Waals surface area (Å²) in [5, 5.41) is 20.0. The zero-order valence-electron chi connectivity index (χ0n) is 12.2. The lowest BCUT2D eigenvalue weighted by atomic mass is 10.1. The van der Waals surface area contributed by atoms with Crippen LogP contribution in [0.3, 0.4) is 0 Å². The molecule has 1 aromatic carbocycles. The second-order valence-electron chi connectivity index (χ2n) is 5.27. The largest absolute Gasteiger partial charge is 0.508 e. The third kappa shape index (κ3) is 2.95. The van der Waals surface area contributed by atoms with Gasteiger partial charge in [-0.05, 0) is 24.5 Å². The molecule has 22 heavy (non-hydrogen) atoms. The SMILES string of the molecule is CSc1nc2c(c(=O)[nH]1)CN(Cc1cc(O)ccc1O)CC2. The third-order valence-electron chi connectivity index (χ3n) is 3.78. The van der Waals surface area contributed by atoms with E-state index in [0.717, 1.165) is 12.2 Å². The highest BCUT2D eigenvalue weighted by Crippen LogP contribution is 2.25. The molecular weight excluding hydrogens is 302 g/mol. The fourth-order valence-corrected chi connectivity index (χ4v) is 3.03. The zero-order valence-corrected chi connectivity index (χ0v) is 13.0. The van der Waals surface area contributed by atoms with Gasteiger partial charge in [0.2, 0.25) is 0 Å². The predicted octanol–water partition coefficient (Wildman–Crippen LogP) is 1.46. The highest BCUT2D eigenvalue weighted by atomic mass is 32.2. The number of H-pyrrole nitrogens is 1. The smallest absolute Gasteiger partial charge is 0.256 e. The number of nitrogens with zero attached hydrogens (tertiary/aromatic N) is 2. The van der Waals surface area contributed by atoms with Crippen molar-refractivity contribution in [3.8, 4) is 11.5 Å². The summed E-state index contributed by atoms with van der Waals surface area (Å²) >= 11 is 1.42. The minimum Gasteiger partial charge on any atom is -0.508 e. The van der Waals surface area contributed by atoms with Crippen molar-refractivity contribution in [2.75, 3.05) is 12.8 Å². The van der Waals surface area contributed by atoms with Crippen LogP contribution in [-0.4, -0.2) is 37.9 Å². The Kier molecular flexibility index (Phi) is 4.08. The number of benzene rings is 1. The highest BCUT2D eigenvalue weighted by Gasteiger charge is 2.22. The first-order valence-corrected chi connectivity index (χ1v) is 8.18. The molecular formula is C15H17N3O3S. The van der Waals surface area contributed by atoms with Crippen molar-refractivity contribution >= 4 is 11.8 Å². The maximum Gasteiger partial charge on any atom is 0.256 e. The predicted molar refractivity (Wildman–Crippen MR) is 84.2 cm³/mol. The fraction of sp³-hybridized carbons (Fsp3) is 0.333. The molecule has 3 rings (SSSR count). The van der Waals surface area contributed by atoms with E-state index in [2.05, 4.69) is 14.9 Å². The number of nitrogens with one attached hydrogen (secondary N) is 1. The minimum absolute atomic E-state index is 0.0980. The summed E-state index contributed by atoms with van der Waals surface area (Å²) in [5.41, 5.74) is 2.08. The fourth-order valence-electron chi connectivity index (χ4n) is 2.63. The maximum atomic E-state index is 12.1. The molecule has 1 aromatic heterocycles. The minimum atomic E-state index is -0.0980. The number of phenols is 2. The van der Waals surface area contributed by atoms with E-state index in [0.29, 0.717) is 35.8 Å². The van der Waals surface area contributed by atoms with Crippen LogP contribution in [0.15, 0.2) is 28.2 Å². The molecule has 0 saturated heterocycles. The maximum absolute atomic E-state index is 12.1. The standard InChI is InChI=1S/C15H17N3O3S/c1-22-15-16-12-4-5-18(8-11(12)14(21)17-15)7-9-6-10(19)2-3-13(9)20/h2-3,6,19-20H,4-5,7-8H2,1H3,(H,16,17,21).